The summed E-state index contributed by atoms with van der Waals surface area (Å²) in [5, 5.41) is 12.6. The van der Waals surface area contributed by atoms with Gasteiger partial charge in [0.25, 0.3) is 5.91 Å². The van der Waals surface area contributed by atoms with Gasteiger partial charge in [0.15, 0.2) is 0 Å². The average Bonchev–Trinajstić information content (AvgIpc) is 2.36. The lowest BCUT2D eigenvalue weighted by molar-refractivity contribution is 0.0918. The molecule has 4 nitrogen and oxygen atoms in total. The SMILES string of the molecule is COCCC(C)(C)CNC(=O)c1cc(C)ccc1O. The molecular formula is C15H23NO3. The first-order valence-electron chi connectivity index (χ1n) is 6.42. The Morgan fingerprint density at radius 1 is 1.42 bits per heavy atom. The molecule has 0 aliphatic heterocycles. The zero-order valence-electron chi connectivity index (χ0n) is 12.1. The number of hydrogen-bond donors (Lipinski definition) is 2. The van der Waals surface area contributed by atoms with E-state index in [0.29, 0.717) is 18.7 Å². The average molecular weight is 265 g/mol. The smallest absolute Gasteiger partial charge is 0.255 e. The maximum Gasteiger partial charge on any atom is 0.255 e. The first kappa shape index (κ1) is 15.5. The van der Waals surface area contributed by atoms with Crippen molar-refractivity contribution in [2.24, 2.45) is 5.41 Å². The van der Waals surface area contributed by atoms with E-state index >= 15 is 0 Å². The molecule has 0 aromatic heterocycles. The van der Waals surface area contributed by atoms with Crippen molar-refractivity contribution >= 4 is 5.91 Å². The van der Waals surface area contributed by atoms with Crippen molar-refractivity contribution in [1.82, 2.24) is 5.32 Å². The predicted octanol–water partition coefficient (Wildman–Crippen LogP) is 2.49. The molecule has 1 rings (SSSR count). The molecule has 0 radical (unpaired) electrons. The number of phenolic OH excluding ortho intramolecular Hbond substituents is 1. The van der Waals surface area contributed by atoms with Crippen molar-refractivity contribution in [3.63, 3.8) is 0 Å². The quantitative estimate of drug-likeness (QED) is 0.831. The third kappa shape index (κ3) is 4.91. The highest BCUT2D eigenvalue weighted by molar-refractivity contribution is 5.97. The number of methoxy groups -OCH3 is 1. The molecule has 19 heavy (non-hydrogen) atoms. The lowest BCUT2D eigenvalue weighted by Crippen LogP contribution is -2.34. The second kappa shape index (κ2) is 6.57. The molecule has 0 aliphatic carbocycles. The van der Waals surface area contributed by atoms with E-state index in [9.17, 15) is 9.90 Å². The van der Waals surface area contributed by atoms with Crippen LogP contribution < -0.4 is 5.32 Å². The van der Waals surface area contributed by atoms with Gasteiger partial charge in [0.1, 0.15) is 5.75 Å². The van der Waals surface area contributed by atoms with Gasteiger partial charge in [-0.15, -0.1) is 0 Å². The van der Waals surface area contributed by atoms with Crippen molar-refractivity contribution in [1.29, 1.82) is 0 Å². The van der Waals surface area contributed by atoms with Crippen molar-refractivity contribution in [2.45, 2.75) is 27.2 Å². The fourth-order valence-corrected chi connectivity index (χ4v) is 1.71. The fraction of sp³-hybridized carbons (Fsp3) is 0.533. The van der Waals surface area contributed by atoms with Crippen molar-refractivity contribution in [2.75, 3.05) is 20.3 Å². The van der Waals surface area contributed by atoms with Crippen LogP contribution in [-0.4, -0.2) is 31.3 Å². The van der Waals surface area contributed by atoms with Gasteiger partial charge in [-0.25, -0.2) is 0 Å². The molecule has 0 unspecified atom stereocenters. The van der Waals surface area contributed by atoms with E-state index in [0.717, 1.165) is 12.0 Å². The van der Waals surface area contributed by atoms with Crippen LogP contribution >= 0.6 is 0 Å². The van der Waals surface area contributed by atoms with Gasteiger partial charge in [0.2, 0.25) is 0 Å². The van der Waals surface area contributed by atoms with Crippen molar-refractivity contribution in [3.8, 4) is 5.75 Å². The molecule has 2 N–H and O–H groups in total. The molecule has 0 spiro atoms. The molecule has 1 aromatic carbocycles. The number of rotatable bonds is 6. The van der Waals surface area contributed by atoms with Gasteiger partial charge in [-0.1, -0.05) is 25.5 Å². The maximum absolute atomic E-state index is 12.0. The van der Waals surface area contributed by atoms with Crippen LogP contribution in [0.4, 0.5) is 0 Å². The molecule has 0 heterocycles. The Labute approximate surface area is 114 Å². The topological polar surface area (TPSA) is 58.6 Å². The Bertz CT molecular complexity index is 441. The minimum atomic E-state index is -0.244. The molecule has 4 heteroatoms. The van der Waals surface area contributed by atoms with Gasteiger partial charge < -0.3 is 15.2 Å². The van der Waals surface area contributed by atoms with Gasteiger partial charge in [-0.2, -0.15) is 0 Å². The summed E-state index contributed by atoms with van der Waals surface area (Å²) >= 11 is 0. The minimum absolute atomic E-state index is 0.0118. The number of nitrogens with one attached hydrogen (secondary N) is 1. The number of aromatic hydroxyl groups is 1. The predicted molar refractivity (Wildman–Crippen MR) is 75.5 cm³/mol. The summed E-state index contributed by atoms with van der Waals surface area (Å²) in [5.74, 6) is -0.232. The number of carbonyl (C=O) groups is 1. The molecule has 0 fully saturated rings. The number of benzene rings is 1. The van der Waals surface area contributed by atoms with Crippen LogP contribution in [0.15, 0.2) is 18.2 Å². The normalized spacial score (nSPS) is 11.4. The Morgan fingerprint density at radius 3 is 2.74 bits per heavy atom. The number of carbonyl (C=O) groups excluding carboxylic acids is 1. The highest BCUT2D eigenvalue weighted by Crippen LogP contribution is 2.21. The van der Waals surface area contributed by atoms with Crippen LogP contribution in [0.25, 0.3) is 0 Å². The first-order valence-corrected chi connectivity index (χ1v) is 6.42. The van der Waals surface area contributed by atoms with Crippen molar-refractivity contribution < 1.29 is 14.6 Å². The van der Waals surface area contributed by atoms with E-state index in [-0.39, 0.29) is 17.1 Å². The number of phenols is 1. The number of aryl methyl sites for hydroxylation is 1. The summed E-state index contributed by atoms with van der Waals surface area (Å²) in [6.45, 7) is 7.24. The van der Waals surface area contributed by atoms with E-state index in [1.165, 1.54) is 0 Å². The highest BCUT2D eigenvalue weighted by atomic mass is 16.5. The lowest BCUT2D eigenvalue weighted by atomic mass is 9.89. The van der Waals surface area contributed by atoms with E-state index in [1.54, 1.807) is 25.3 Å². The Hall–Kier alpha value is -1.55. The van der Waals surface area contributed by atoms with Crippen LogP contribution in [-0.2, 0) is 4.74 Å². The van der Waals surface area contributed by atoms with Crippen LogP contribution in [0.5, 0.6) is 5.75 Å². The molecular weight excluding hydrogens is 242 g/mol. The Morgan fingerprint density at radius 2 is 2.11 bits per heavy atom. The third-order valence-corrected chi connectivity index (χ3v) is 3.11. The van der Waals surface area contributed by atoms with Crippen LogP contribution in [0.3, 0.4) is 0 Å². The fourth-order valence-electron chi connectivity index (χ4n) is 1.71. The Kier molecular flexibility index (Phi) is 5.36. The monoisotopic (exact) mass is 265 g/mol. The lowest BCUT2D eigenvalue weighted by Gasteiger charge is -2.24. The third-order valence-electron chi connectivity index (χ3n) is 3.11. The maximum atomic E-state index is 12.0. The molecule has 0 saturated heterocycles. The summed E-state index contributed by atoms with van der Waals surface area (Å²) in [5.41, 5.74) is 1.23. The zero-order chi connectivity index (χ0) is 14.5. The van der Waals surface area contributed by atoms with Crippen LogP contribution in [0.2, 0.25) is 0 Å². The number of ether oxygens (including phenoxy) is 1. The second-order valence-corrected chi connectivity index (χ2v) is 5.61. The van der Waals surface area contributed by atoms with E-state index < -0.39 is 0 Å². The molecule has 0 saturated carbocycles. The summed E-state index contributed by atoms with van der Waals surface area (Å²) < 4.78 is 5.05. The molecule has 0 atom stereocenters. The number of amides is 1. The molecule has 0 aliphatic rings. The molecule has 1 aromatic rings. The van der Waals surface area contributed by atoms with E-state index in [1.807, 2.05) is 6.92 Å². The van der Waals surface area contributed by atoms with Gasteiger partial charge in [0, 0.05) is 20.3 Å². The minimum Gasteiger partial charge on any atom is -0.507 e. The molecule has 1 amide bonds. The largest absolute Gasteiger partial charge is 0.507 e. The second-order valence-electron chi connectivity index (χ2n) is 5.61. The summed E-state index contributed by atoms with van der Waals surface area (Å²) in [6.07, 6.45) is 0.865. The summed E-state index contributed by atoms with van der Waals surface area (Å²) in [6, 6.07) is 5.00. The van der Waals surface area contributed by atoms with E-state index in [2.05, 4.69) is 19.2 Å². The van der Waals surface area contributed by atoms with Gasteiger partial charge in [-0.3, -0.25) is 4.79 Å². The van der Waals surface area contributed by atoms with Crippen LogP contribution in [0.1, 0.15) is 36.2 Å². The van der Waals surface area contributed by atoms with Crippen LogP contribution in [0, 0.1) is 12.3 Å². The molecule has 0 bridgehead atoms. The van der Waals surface area contributed by atoms with Gasteiger partial charge in [0.05, 0.1) is 5.56 Å². The summed E-state index contributed by atoms with van der Waals surface area (Å²) in [4.78, 5) is 12.0. The highest BCUT2D eigenvalue weighted by Gasteiger charge is 2.20. The summed E-state index contributed by atoms with van der Waals surface area (Å²) in [7, 11) is 1.67. The van der Waals surface area contributed by atoms with Gasteiger partial charge >= 0.3 is 0 Å². The standard InChI is InChI=1S/C15H23NO3/c1-11-5-6-13(17)12(9-11)14(18)16-10-15(2,3)7-8-19-4/h5-6,9,17H,7-8,10H2,1-4H3,(H,16,18). The van der Waals surface area contributed by atoms with Gasteiger partial charge in [-0.05, 0) is 30.9 Å². The van der Waals surface area contributed by atoms with Crippen molar-refractivity contribution in [3.05, 3.63) is 29.3 Å². The van der Waals surface area contributed by atoms with E-state index in [4.69, 9.17) is 4.74 Å². The zero-order valence-corrected chi connectivity index (χ0v) is 12.1. The Balaban J connectivity index is 2.62. The molecule has 106 valence electrons. The number of hydrogen-bond acceptors (Lipinski definition) is 3. The first-order chi connectivity index (χ1) is 8.85.